The highest BCUT2D eigenvalue weighted by Crippen LogP contribution is 2.50. The average molecular weight is 278 g/mol. The first kappa shape index (κ1) is 15.8. The van der Waals surface area contributed by atoms with E-state index in [4.69, 9.17) is 0 Å². The van der Waals surface area contributed by atoms with Crippen LogP contribution in [0.15, 0.2) is 24.3 Å². The summed E-state index contributed by atoms with van der Waals surface area (Å²) >= 11 is 0. The normalized spacial score (nSPS) is 36.5. The van der Waals surface area contributed by atoms with Crippen molar-refractivity contribution in [1.82, 2.24) is 0 Å². The number of aliphatic hydroxyl groups is 2. The molecule has 0 spiro atoms. The van der Waals surface area contributed by atoms with Crippen LogP contribution in [0.4, 0.5) is 0 Å². The number of fused-ring (bicyclic) bond motifs is 1. The van der Waals surface area contributed by atoms with Crippen LogP contribution in [-0.2, 0) is 0 Å². The first-order valence-corrected chi connectivity index (χ1v) is 8.19. The Balaban J connectivity index is 1.94. The largest absolute Gasteiger partial charge is 0.392 e. The molecular formula is C18H30O2. The number of hydrogen-bond donors (Lipinski definition) is 2. The Morgan fingerprint density at radius 3 is 2.80 bits per heavy atom. The Morgan fingerprint density at radius 2 is 2.10 bits per heavy atom. The first-order valence-electron chi connectivity index (χ1n) is 8.19. The van der Waals surface area contributed by atoms with Crippen molar-refractivity contribution in [2.75, 3.05) is 0 Å². The second-order valence-corrected chi connectivity index (χ2v) is 7.14. The van der Waals surface area contributed by atoms with Crippen LogP contribution in [0.3, 0.4) is 0 Å². The lowest BCUT2D eigenvalue weighted by molar-refractivity contribution is 0.0957. The quantitative estimate of drug-likeness (QED) is 0.572. The molecule has 0 aliphatic heterocycles. The maximum absolute atomic E-state index is 10.4. The number of allylic oxidation sites excluding steroid dienone is 1. The predicted molar refractivity (Wildman–Crippen MR) is 83.4 cm³/mol. The van der Waals surface area contributed by atoms with Gasteiger partial charge in [0.05, 0.1) is 11.7 Å². The van der Waals surface area contributed by atoms with Crippen LogP contribution in [0, 0.1) is 17.8 Å². The van der Waals surface area contributed by atoms with Crippen LogP contribution in [0.5, 0.6) is 0 Å². The van der Waals surface area contributed by atoms with E-state index in [2.05, 4.69) is 19.6 Å². The van der Waals surface area contributed by atoms with E-state index in [9.17, 15) is 10.2 Å². The summed E-state index contributed by atoms with van der Waals surface area (Å²) in [6, 6.07) is 0. The van der Waals surface area contributed by atoms with E-state index in [-0.39, 0.29) is 12.0 Å². The van der Waals surface area contributed by atoms with Gasteiger partial charge in [0.25, 0.3) is 0 Å². The van der Waals surface area contributed by atoms with E-state index in [1.54, 1.807) is 0 Å². The second-order valence-electron chi connectivity index (χ2n) is 7.14. The fourth-order valence-corrected chi connectivity index (χ4v) is 3.97. The minimum Gasteiger partial charge on any atom is -0.392 e. The molecule has 0 bridgehead atoms. The summed E-state index contributed by atoms with van der Waals surface area (Å²) in [4.78, 5) is 0. The highest BCUT2D eigenvalue weighted by molar-refractivity contribution is 5.16. The highest BCUT2D eigenvalue weighted by atomic mass is 16.3. The molecule has 2 N–H and O–H groups in total. The molecule has 2 aliphatic carbocycles. The molecule has 0 aromatic heterocycles. The standard InChI is InChI=1S/C18H30O2/c1-4-5-6-8-18(3,20)9-7-15-16-11-13(2)10-14(16)12-17(15)19/h7,9,14-17,19-20H,2,4-6,8,10-12H2,1,3H3/b9-7+/t14-,15+,16+,17+,18-/m0/s1. The molecule has 0 aromatic rings. The molecule has 5 atom stereocenters. The van der Waals surface area contributed by atoms with E-state index in [0.717, 1.165) is 32.1 Å². The third-order valence-electron chi connectivity index (χ3n) is 5.13. The fourth-order valence-electron chi connectivity index (χ4n) is 3.97. The van der Waals surface area contributed by atoms with Crippen molar-refractivity contribution in [1.29, 1.82) is 0 Å². The van der Waals surface area contributed by atoms with Crippen LogP contribution in [0.2, 0.25) is 0 Å². The van der Waals surface area contributed by atoms with E-state index in [1.807, 2.05) is 13.0 Å². The van der Waals surface area contributed by atoms with Gasteiger partial charge in [-0.1, -0.05) is 50.5 Å². The second kappa shape index (κ2) is 6.44. The fraction of sp³-hybridized carbons (Fsp3) is 0.778. The molecule has 2 saturated carbocycles. The van der Waals surface area contributed by atoms with E-state index >= 15 is 0 Å². The highest BCUT2D eigenvalue weighted by Gasteiger charge is 2.44. The van der Waals surface area contributed by atoms with Gasteiger partial charge in [-0.25, -0.2) is 0 Å². The maximum atomic E-state index is 10.4. The molecule has 2 nitrogen and oxygen atoms in total. The SMILES string of the molecule is C=C1C[C@H]2C[C@@H](O)[C@H](/C=C/[C@@](C)(O)CCCCC)[C@@H]2C1. The van der Waals surface area contributed by atoms with Crippen LogP contribution in [0.1, 0.15) is 58.8 Å². The summed E-state index contributed by atoms with van der Waals surface area (Å²) in [5.41, 5.74) is 0.600. The Labute approximate surface area is 123 Å². The number of aliphatic hydroxyl groups excluding tert-OH is 1. The Hall–Kier alpha value is -0.600. The van der Waals surface area contributed by atoms with Gasteiger partial charge in [0, 0.05) is 5.92 Å². The van der Waals surface area contributed by atoms with Crippen molar-refractivity contribution in [3.8, 4) is 0 Å². The van der Waals surface area contributed by atoms with Crippen LogP contribution < -0.4 is 0 Å². The zero-order valence-corrected chi connectivity index (χ0v) is 13.0. The molecule has 0 saturated heterocycles. The third kappa shape index (κ3) is 3.73. The van der Waals surface area contributed by atoms with Gasteiger partial charge in [-0.15, -0.1) is 0 Å². The van der Waals surface area contributed by atoms with Gasteiger partial charge in [-0.05, 0) is 44.4 Å². The van der Waals surface area contributed by atoms with Crippen molar-refractivity contribution in [2.45, 2.75) is 70.5 Å². The summed E-state index contributed by atoms with van der Waals surface area (Å²) < 4.78 is 0. The molecule has 114 valence electrons. The monoisotopic (exact) mass is 278 g/mol. The molecule has 2 rings (SSSR count). The zero-order chi connectivity index (χ0) is 14.8. The van der Waals surface area contributed by atoms with Crippen molar-refractivity contribution in [2.24, 2.45) is 17.8 Å². The molecule has 0 heterocycles. The van der Waals surface area contributed by atoms with Gasteiger partial charge < -0.3 is 10.2 Å². The Bertz CT molecular complexity index is 370. The van der Waals surface area contributed by atoms with Crippen LogP contribution >= 0.6 is 0 Å². The molecule has 2 heteroatoms. The van der Waals surface area contributed by atoms with E-state index in [0.29, 0.717) is 11.8 Å². The number of unbranched alkanes of at least 4 members (excludes halogenated alkanes) is 2. The van der Waals surface area contributed by atoms with E-state index in [1.165, 1.54) is 18.4 Å². The van der Waals surface area contributed by atoms with E-state index < -0.39 is 5.60 Å². The van der Waals surface area contributed by atoms with Gasteiger partial charge in [0.1, 0.15) is 0 Å². The predicted octanol–water partition coefficient (Wildman–Crippen LogP) is 3.84. The summed E-state index contributed by atoms with van der Waals surface area (Å²) in [7, 11) is 0. The van der Waals surface area contributed by atoms with Crippen molar-refractivity contribution in [3.63, 3.8) is 0 Å². The molecule has 0 unspecified atom stereocenters. The van der Waals surface area contributed by atoms with Crippen molar-refractivity contribution < 1.29 is 10.2 Å². The number of hydrogen-bond acceptors (Lipinski definition) is 2. The molecule has 0 amide bonds. The van der Waals surface area contributed by atoms with Gasteiger partial charge in [0.2, 0.25) is 0 Å². The van der Waals surface area contributed by atoms with Gasteiger partial charge in [-0.3, -0.25) is 0 Å². The zero-order valence-electron chi connectivity index (χ0n) is 13.0. The lowest BCUT2D eigenvalue weighted by Gasteiger charge is -2.22. The van der Waals surface area contributed by atoms with Crippen molar-refractivity contribution in [3.05, 3.63) is 24.3 Å². The van der Waals surface area contributed by atoms with Crippen LogP contribution in [0.25, 0.3) is 0 Å². The smallest absolute Gasteiger partial charge is 0.0799 e. The molecular weight excluding hydrogens is 248 g/mol. The molecule has 0 radical (unpaired) electrons. The summed E-state index contributed by atoms with van der Waals surface area (Å²) in [6.45, 7) is 8.15. The molecule has 20 heavy (non-hydrogen) atoms. The van der Waals surface area contributed by atoms with Gasteiger partial charge in [0.15, 0.2) is 0 Å². The maximum Gasteiger partial charge on any atom is 0.0799 e. The molecule has 2 aliphatic rings. The van der Waals surface area contributed by atoms with Crippen molar-refractivity contribution >= 4 is 0 Å². The lowest BCUT2D eigenvalue weighted by atomic mass is 9.88. The minimum atomic E-state index is -0.734. The van der Waals surface area contributed by atoms with Gasteiger partial charge >= 0.3 is 0 Å². The first-order chi connectivity index (χ1) is 9.43. The summed E-state index contributed by atoms with van der Waals surface area (Å²) in [5.74, 6) is 1.36. The van der Waals surface area contributed by atoms with Gasteiger partial charge in [-0.2, -0.15) is 0 Å². The topological polar surface area (TPSA) is 40.5 Å². The number of rotatable bonds is 6. The molecule has 2 fully saturated rings. The molecule has 0 aromatic carbocycles. The minimum absolute atomic E-state index is 0.205. The Kier molecular flexibility index (Phi) is 5.09. The third-order valence-corrected chi connectivity index (χ3v) is 5.13. The van der Waals surface area contributed by atoms with Crippen LogP contribution in [-0.4, -0.2) is 21.9 Å². The Morgan fingerprint density at radius 1 is 1.35 bits per heavy atom. The average Bonchev–Trinajstić information content (AvgIpc) is 2.82. The summed E-state index contributed by atoms with van der Waals surface area (Å²) in [5, 5.41) is 20.6. The lowest BCUT2D eigenvalue weighted by Crippen LogP contribution is -2.23. The summed E-state index contributed by atoms with van der Waals surface area (Å²) in [6.07, 6.45) is 11.0.